The van der Waals surface area contributed by atoms with Crippen molar-refractivity contribution < 1.29 is 4.79 Å². The van der Waals surface area contributed by atoms with Crippen LogP contribution in [0.4, 0.5) is 0 Å². The molecule has 110 valence electrons. The summed E-state index contributed by atoms with van der Waals surface area (Å²) in [6, 6.07) is 0.600. The lowest BCUT2D eigenvalue weighted by Gasteiger charge is -2.20. The molecule has 0 bridgehead atoms. The highest BCUT2D eigenvalue weighted by atomic mass is 32.1. The van der Waals surface area contributed by atoms with Gasteiger partial charge in [0.25, 0.3) is 0 Å². The summed E-state index contributed by atoms with van der Waals surface area (Å²) in [5, 5.41) is 5.96. The Morgan fingerprint density at radius 3 is 3.05 bits per heavy atom. The van der Waals surface area contributed by atoms with E-state index in [1.165, 1.54) is 6.42 Å². The standard InChI is InChI=1S/C15H23N3OS/c1-11(2)18-7-6-13(9-18)8-16-15(19)5-4-14-10-20-12(3)17-14/h4-5,10-11,13H,6-9H2,1-3H3,(H,16,19)/b5-4-/t13-/m0/s1. The van der Waals surface area contributed by atoms with Gasteiger partial charge in [-0.3, -0.25) is 4.79 Å². The van der Waals surface area contributed by atoms with Crippen molar-refractivity contribution in [1.29, 1.82) is 0 Å². The molecule has 1 atom stereocenters. The summed E-state index contributed by atoms with van der Waals surface area (Å²) in [6.07, 6.45) is 4.52. The molecule has 1 aromatic heterocycles. The first kappa shape index (κ1) is 15.2. The zero-order valence-electron chi connectivity index (χ0n) is 12.4. The molecular weight excluding hydrogens is 270 g/mol. The quantitative estimate of drug-likeness (QED) is 0.847. The van der Waals surface area contributed by atoms with E-state index in [9.17, 15) is 4.79 Å². The number of nitrogens with one attached hydrogen (secondary N) is 1. The smallest absolute Gasteiger partial charge is 0.244 e. The maximum absolute atomic E-state index is 11.8. The molecule has 1 aromatic rings. The number of carbonyl (C=O) groups excluding carboxylic acids is 1. The topological polar surface area (TPSA) is 45.2 Å². The van der Waals surface area contributed by atoms with Crippen molar-refractivity contribution in [1.82, 2.24) is 15.2 Å². The van der Waals surface area contributed by atoms with Crippen molar-refractivity contribution in [3.63, 3.8) is 0 Å². The number of amides is 1. The Hall–Kier alpha value is -1.20. The number of rotatable bonds is 5. The third-order valence-electron chi connectivity index (χ3n) is 3.65. The average Bonchev–Trinajstić information content (AvgIpc) is 3.03. The molecule has 0 radical (unpaired) electrons. The number of carbonyl (C=O) groups is 1. The molecule has 0 aromatic carbocycles. The van der Waals surface area contributed by atoms with Crippen LogP contribution in [-0.4, -0.2) is 41.5 Å². The number of aromatic nitrogens is 1. The van der Waals surface area contributed by atoms with Crippen molar-refractivity contribution in [3.05, 3.63) is 22.2 Å². The summed E-state index contributed by atoms with van der Waals surface area (Å²) < 4.78 is 0. The normalized spacial score (nSPS) is 20.1. The second-order valence-electron chi connectivity index (χ2n) is 5.61. The predicted octanol–water partition coefficient (Wildman–Crippen LogP) is 2.31. The number of thiazole rings is 1. The van der Waals surface area contributed by atoms with E-state index in [1.54, 1.807) is 23.5 Å². The van der Waals surface area contributed by atoms with Crippen LogP contribution in [0, 0.1) is 12.8 Å². The van der Waals surface area contributed by atoms with Crippen LogP contribution in [0.1, 0.15) is 31.0 Å². The van der Waals surface area contributed by atoms with Crippen molar-refractivity contribution in [3.8, 4) is 0 Å². The minimum absolute atomic E-state index is 0.0290. The SMILES string of the molecule is Cc1nc(/C=C\C(=O)NC[C@@H]2CCN(C(C)C)C2)cs1. The molecule has 2 heterocycles. The third kappa shape index (κ3) is 4.42. The van der Waals surface area contributed by atoms with Gasteiger partial charge in [0, 0.05) is 30.6 Å². The largest absolute Gasteiger partial charge is 0.352 e. The third-order valence-corrected chi connectivity index (χ3v) is 4.45. The summed E-state index contributed by atoms with van der Waals surface area (Å²) in [6.45, 7) is 9.41. The zero-order chi connectivity index (χ0) is 14.5. The zero-order valence-corrected chi connectivity index (χ0v) is 13.2. The highest BCUT2D eigenvalue weighted by Gasteiger charge is 2.23. The molecule has 1 aliphatic rings. The number of hydrogen-bond donors (Lipinski definition) is 1. The minimum Gasteiger partial charge on any atom is -0.352 e. The van der Waals surface area contributed by atoms with Crippen LogP contribution < -0.4 is 5.32 Å². The molecule has 4 nitrogen and oxygen atoms in total. The highest BCUT2D eigenvalue weighted by molar-refractivity contribution is 7.09. The maximum Gasteiger partial charge on any atom is 0.244 e. The van der Waals surface area contributed by atoms with Crippen molar-refractivity contribution in [2.45, 2.75) is 33.2 Å². The van der Waals surface area contributed by atoms with Gasteiger partial charge >= 0.3 is 0 Å². The average molecular weight is 293 g/mol. The molecule has 0 unspecified atom stereocenters. The van der Waals surface area contributed by atoms with Gasteiger partial charge in [-0.15, -0.1) is 11.3 Å². The van der Waals surface area contributed by atoms with E-state index in [0.29, 0.717) is 12.0 Å². The van der Waals surface area contributed by atoms with Crippen LogP contribution in [0.5, 0.6) is 0 Å². The second-order valence-corrected chi connectivity index (χ2v) is 6.68. The first-order valence-electron chi connectivity index (χ1n) is 7.16. The Kier molecular flexibility index (Phi) is 5.31. The van der Waals surface area contributed by atoms with E-state index in [1.807, 2.05) is 12.3 Å². The molecule has 2 rings (SSSR count). The van der Waals surface area contributed by atoms with E-state index in [-0.39, 0.29) is 5.91 Å². The molecule has 1 N–H and O–H groups in total. The number of nitrogens with zero attached hydrogens (tertiary/aromatic N) is 2. The van der Waals surface area contributed by atoms with Crippen LogP contribution >= 0.6 is 11.3 Å². The summed E-state index contributed by atoms with van der Waals surface area (Å²) in [5.74, 6) is 0.551. The van der Waals surface area contributed by atoms with Crippen molar-refractivity contribution in [2.24, 2.45) is 5.92 Å². The molecule has 1 fully saturated rings. The molecule has 20 heavy (non-hydrogen) atoms. The lowest BCUT2D eigenvalue weighted by atomic mass is 10.1. The molecule has 1 amide bonds. The summed E-state index contributed by atoms with van der Waals surface area (Å²) in [4.78, 5) is 18.5. The molecule has 0 spiro atoms. The Balaban J connectivity index is 1.72. The Morgan fingerprint density at radius 2 is 2.45 bits per heavy atom. The number of likely N-dealkylation sites (tertiary alicyclic amines) is 1. The van der Waals surface area contributed by atoms with Crippen LogP contribution in [-0.2, 0) is 4.79 Å². The molecule has 0 aliphatic carbocycles. The monoisotopic (exact) mass is 293 g/mol. The summed E-state index contributed by atoms with van der Waals surface area (Å²) in [5.41, 5.74) is 0.856. The molecule has 1 saturated heterocycles. The van der Waals surface area contributed by atoms with E-state index < -0.39 is 0 Å². The summed E-state index contributed by atoms with van der Waals surface area (Å²) >= 11 is 1.59. The van der Waals surface area contributed by atoms with Crippen LogP contribution in [0.15, 0.2) is 11.5 Å². The van der Waals surface area contributed by atoms with Crippen LogP contribution in [0.3, 0.4) is 0 Å². The van der Waals surface area contributed by atoms with E-state index >= 15 is 0 Å². The Bertz CT molecular complexity index is 481. The fourth-order valence-corrected chi connectivity index (χ4v) is 3.00. The van der Waals surface area contributed by atoms with Gasteiger partial charge in [-0.05, 0) is 45.7 Å². The van der Waals surface area contributed by atoms with Crippen LogP contribution in [0.25, 0.3) is 6.08 Å². The maximum atomic E-state index is 11.8. The van der Waals surface area contributed by atoms with Crippen molar-refractivity contribution >= 4 is 23.3 Å². The lowest BCUT2D eigenvalue weighted by molar-refractivity contribution is -0.116. The van der Waals surface area contributed by atoms with Gasteiger partial charge in [-0.2, -0.15) is 0 Å². The number of hydrogen-bond acceptors (Lipinski definition) is 4. The molecular formula is C15H23N3OS. The summed E-state index contributed by atoms with van der Waals surface area (Å²) in [7, 11) is 0. The van der Waals surface area contributed by atoms with Gasteiger partial charge < -0.3 is 10.2 Å². The molecule has 5 heteroatoms. The van der Waals surface area contributed by atoms with Gasteiger partial charge in [0.05, 0.1) is 10.7 Å². The minimum atomic E-state index is -0.0290. The first-order valence-corrected chi connectivity index (χ1v) is 8.04. The fraction of sp³-hybridized carbons (Fsp3) is 0.600. The van der Waals surface area contributed by atoms with E-state index in [2.05, 4.69) is 29.0 Å². The Labute approximate surface area is 124 Å². The number of aryl methyl sites for hydroxylation is 1. The van der Waals surface area contributed by atoms with Crippen LogP contribution in [0.2, 0.25) is 0 Å². The van der Waals surface area contributed by atoms with Gasteiger partial charge in [0.2, 0.25) is 5.91 Å². The second kappa shape index (κ2) is 6.99. The van der Waals surface area contributed by atoms with Gasteiger partial charge in [0.1, 0.15) is 0 Å². The van der Waals surface area contributed by atoms with Gasteiger partial charge in [-0.25, -0.2) is 4.98 Å². The van der Waals surface area contributed by atoms with E-state index in [0.717, 1.165) is 30.3 Å². The van der Waals surface area contributed by atoms with Gasteiger partial charge in [0.15, 0.2) is 0 Å². The van der Waals surface area contributed by atoms with Gasteiger partial charge in [-0.1, -0.05) is 0 Å². The Morgan fingerprint density at radius 1 is 1.65 bits per heavy atom. The highest BCUT2D eigenvalue weighted by Crippen LogP contribution is 2.17. The predicted molar refractivity (Wildman–Crippen MR) is 83.7 cm³/mol. The molecule has 0 saturated carbocycles. The van der Waals surface area contributed by atoms with E-state index in [4.69, 9.17) is 0 Å². The van der Waals surface area contributed by atoms with Crippen molar-refractivity contribution in [2.75, 3.05) is 19.6 Å². The molecule has 1 aliphatic heterocycles. The first-order chi connectivity index (χ1) is 9.54. The fourth-order valence-electron chi connectivity index (χ4n) is 2.42. The lowest BCUT2D eigenvalue weighted by Crippen LogP contribution is -2.32.